The van der Waals surface area contributed by atoms with E-state index in [2.05, 4.69) is 4.98 Å². The van der Waals surface area contributed by atoms with Crippen LogP contribution in [0, 0.1) is 20.8 Å². The van der Waals surface area contributed by atoms with E-state index in [0.29, 0.717) is 19.7 Å². The first-order valence-electron chi connectivity index (χ1n) is 7.53. The summed E-state index contributed by atoms with van der Waals surface area (Å²) in [5, 5.41) is 0. The largest absolute Gasteiger partial charge is 0.492 e. The Kier molecular flexibility index (Phi) is 5.39. The Morgan fingerprint density at radius 1 is 1.23 bits per heavy atom. The fourth-order valence-corrected chi connectivity index (χ4v) is 2.45. The molecule has 0 fully saturated rings. The Morgan fingerprint density at radius 3 is 2.59 bits per heavy atom. The molecule has 0 atom stereocenters. The summed E-state index contributed by atoms with van der Waals surface area (Å²) in [6.45, 7) is 7.60. The molecule has 4 heteroatoms. The normalized spacial score (nSPS) is 11.0. The van der Waals surface area contributed by atoms with Crippen LogP contribution in [0.5, 0.6) is 5.75 Å². The highest BCUT2D eigenvalue weighted by Crippen LogP contribution is 2.16. The molecule has 0 unspecified atom stereocenters. The number of carbonyl (C=O) groups excluding carboxylic acids is 1. The zero-order chi connectivity index (χ0) is 16.1. The third kappa shape index (κ3) is 4.21. The Balaban J connectivity index is 1.81. The van der Waals surface area contributed by atoms with Crippen LogP contribution in [-0.4, -0.2) is 42.4 Å². The first kappa shape index (κ1) is 16.3. The fraction of sp³-hybridized carbons (Fsp3) is 0.389. The molecule has 1 N–H and O–H groups in total. The van der Waals surface area contributed by atoms with Gasteiger partial charge in [0.2, 0.25) is 0 Å². The minimum Gasteiger partial charge on any atom is -0.492 e. The summed E-state index contributed by atoms with van der Waals surface area (Å²) in [6, 6.07) is 9.86. The second-order valence-electron chi connectivity index (χ2n) is 5.77. The molecular formula is C18H24N2O2. The van der Waals surface area contributed by atoms with E-state index in [1.54, 1.807) is 0 Å². The summed E-state index contributed by atoms with van der Waals surface area (Å²) >= 11 is 0. The van der Waals surface area contributed by atoms with E-state index in [0.717, 1.165) is 28.3 Å². The van der Waals surface area contributed by atoms with Crippen LogP contribution in [-0.2, 0) is 0 Å². The first-order valence-corrected chi connectivity index (χ1v) is 7.53. The van der Waals surface area contributed by atoms with Crippen LogP contribution in [0.25, 0.3) is 0 Å². The Labute approximate surface area is 132 Å². The number of nitrogens with one attached hydrogen (secondary N) is 1. The highest BCUT2D eigenvalue weighted by Gasteiger charge is 2.13. The van der Waals surface area contributed by atoms with E-state index in [4.69, 9.17) is 4.74 Å². The summed E-state index contributed by atoms with van der Waals surface area (Å²) in [6.07, 6.45) is 0. The van der Waals surface area contributed by atoms with Crippen molar-refractivity contribution >= 4 is 5.78 Å². The molecule has 2 rings (SSSR count). The molecule has 1 heterocycles. The number of aromatic nitrogens is 1. The zero-order valence-corrected chi connectivity index (χ0v) is 13.8. The predicted molar refractivity (Wildman–Crippen MR) is 88.8 cm³/mol. The number of Topliss-reactive ketones (excluding diaryl/α,β-unsaturated/α-hetero) is 1. The number of aryl methyl sites for hydroxylation is 3. The van der Waals surface area contributed by atoms with Crippen molar-refractivity contribution in [3.63, 3.8) is 0 Å². The lowest BCUT2D eigenvalue weighted by Gasteiger charge is -2.16. The van der Waals surface area contributed by atoms with E-state index in [-0.39, 0.29) is 5.78 Å². The molecule has 0 amide bonds. The lowest BCUT2D eigenvalue weighted by molar-refractivity contribution is 0.0937. The second kappa shape index (κ2) is 7.27. The number of ether oxygens (including phenoxy) is 1. The molecule has 2 aromatic rings. The summed E-state index contributed by atoms with van der Waals surface area (Å²) in [4.78, 5) is 17.4. The minimum atomic E-state index is 0.139. The van der Waals surface area contributed by atoms with Crippen molar-refractivity contribution in [3.8, 4) is 5.75 Å². The van der Waals surface area contributed by atoms with Gasteiger partial charge in [0, 0.05) is 23.5 Å². The van der Waals surface area contributed by atoms with Gasteiger partial charge in [-0.2, -0.15) is 0 Å². The average molecular weight is 300 g/mol. The minimum absolute atomic E-state index is 0.139. The average Bonchev–Trinajstić information content (AvgIpc) is 2.80. The number of hydrogen-bond donors (Lipinski definition) is 1. The van der Waals surface area contributed by atoms with Crippen molar-refractivity contribution in [1.29, 1.82) is 0 Å². The number of nitrogens with zero attached hydrogens (tertiary/aromatic N) is 1. The van der Waals surface area contributed by atoms with Gasteiger partial charge in [-0.1, -0.05) is 18.2 Å². The van der Waals surface area contributed by atoms with E-state index in [1.165, 1.54) is 0 Å². The number of benzene rings is 1. The molecule has 0 spiro atoms. The van der Waals surface area contributed by atoms with E-state index in [1.807, 2.05) is 63.1 Å². The van der Waals surface area contributed by atoms with E-state index >= 15 is 0 Å². The van der Waals surface area contributed by atoms with Gasteiger partial charge in [-0.15, -0.1) is 0 Å². The van der Waals surface area contributed by atoms with Gasteiger partial charge in [0.25, 0.3) is 0 Å². The zero-order valence-electron chi connectivity index (χ0n) is 13.8. The number of ketones is 1. The van der Waals surface area contributed by atoms with Crippen molar-refractivity contribution in [3.05, 3.63) is 52.8 Å². The molecule has 0 aliphatic heterocycles. The van der Waals surface area contributed by atoms with Crippen molar-refractivity contribution in [2.45, 2.75) is 20.8 Å². The Bertz CT molecular complexity index is 646. The lowest BCUT2D eigenvalue weighted by Crippen LogP contribution is -2.30. The van der Waals surface area contributed by atoms with Gasteiger partial charge in [0.15, 0.2) is 5.78 Å². The Morgan fingerprint density at radius 2 is 1.95 bits per heavy atom. The number of aromatic amines is 1. The van der Waals surface area contributed by atoms with Crippen LogP contribution >= 0.6 is 0 Å². The predicted octanol–water partition coefficient (Wildman–Crippen LogP) is 3.13. The number of para-hydroxylation sites is 1. The highest BCUT2D eigenvalue weighted by atomic mass is 16.5. The standard InChI is InChI=1S/C18H24N2O2/c1-13-7-5-6-8-18(13)22-10-9-20(4)12-17(21)16-11-14(2)19-15(16)3/h5-8,11,19H,9-10,12H2,1-4H3. The van der Waals surface area contributed by atoms with Gasteiger partial charge in [0.1, 0.15) is 12.4 Å². The summed E-state index contributed by atoms with van der Waals surface area (Å²) in [5.74, 6) is 1.04. The van der Waals surface area contributed by atoms with Gasteiger partial charge >= 0.3 is 0 Å². The SMILES string of the molecule is Cc1cc(C(=O)CN(C)CCOc2ccccc2C)c(C)[nH]1. The number of rotatable bonds is 7. The molecule has 0 aliphatic carbocycles. The van der Waals surface area contributed by atoms with Crippen molar-refractivity contribution < 1.29 is 9.53 Å². The van der Waals surface area contributed by atoms with E-state index in [9.17, 15) is 4.79 Å². The summed E-state index contributed by atoms with van der Waals surface area (Å²) in [7, 11) is 1.94. The smallest absolute Gasteiger partial charge is 0.178 e. The van der Waals surface area contributed by atoms with Crippen LogP contribution in [0.1, 0.15) is 27.3 Å². The van der Waals surface area contributed by atoms with Gasteiger partial charge in [0.05, 0.1) is 6.54 Å². The first-order chi connectivity index (χ1) is 10.5. The monoisotopic (exact) mass is 300 g/mol. The molecule has 0 saturated carbocycles. The molecular weight excluding hydrogens is 276 g/mol. The summed E-state index contributed by atoms with van der Waals surface area (Å²) in [5.41, 5.74) is 3.86. The molecule has 22 heavy (non-hydrogen) atoms. The maximum absolute atomic E-state index is 12.3. The quantitative estimate of drug-likeness (QED) is 0.799. The van der Waals surface area contributed by atoms with Gasteiger partial charge in [-0.05, 0) is 45.5 Å². The molecule has 0 saturated heterocycles. The van der Waals surface area contributed by atoms with Crippen LogP contribution in [0.4, 0.5) is 0 Å². The molecule has 1 aromatic carbocycles. The third-order valence-electron chi connectivity index (χ3n) is 3.69. The van der Waals surface area contributed by atoms with Crippen molar-refractivity contribution in [1.82, 2.24) is 9.88 Å². The Hall–Kier alpha value is -2.07. The molecule has 0 radical (unpaired) electrons. The maximum Gasteiger partial charge on any atom is 0.178 e. The van der Waals surface area contributed by atoms with Crippen LogP contribution in [0.3, 0.4) is 0 Å². The van der Waals surface area contributed by atoms with Gasteiger partial charge in [-0.25, -0.2) is 0 Å². The topological polar surface area (TPSA) is 45.3 Å². The van der Waals surface area contributed by atoms with Crippen LogP contribution in [0.2, 0.25) is 0 Å². The third-order valence-corrected chi connectivity index (χ3v) is 3.69. The number of hydrogen-bond acceptors (Lipinski definition) is 3. The van der Waals surface area contributed by atoms with Crippen LogP contribution < -0.4 is 4.74 Å². The van der Waals surface area contributed by atoms with Crippen molar-refractivity contribution in [2.24, 2.45) is 0 Å². The van der Waals surface area contributed by atoms with Gasteiger partial charge < -0.3 is 9.72 Å². The molecule has 118 valence electrons. The molecule has 0 aliphatic rings. The molecule has 0 bridgehead atoms. The number of carbonyl (C=O) groups is 1. The highest BCUT2D eigenvalue weighted by molar-refractivity contribution is 5.98. The molecule has 1 aromatic heterocycles. The summed E-state index contributed by atoms with van der Waals surface area (Å²) < 4.78 is 5.76. The van der Waals surface area contributed by atoms with E-state index < -0.39 is 0 Å². The second-order valence-corrected chi connectivity index (χ2v) is 5.77. The van der Waals surface area contributed by atoms with Crippen LogP contribution in [0.15, 0.2) is 30.3 Å². The molecule has 4 nitrogen and oxygen atoms in total. The lowest BCUT2D eigenvalue weighted by atomic mass is 10.1. The number of H-pyrrole nitrogens is 1. The van der Waals surface area contributed by atoms with Gasteiger partial charge in [-0.3, -0.25) is 9.69 Å². The maximum atomic E-state index is 12.3. The fourth-order valence-electron chi connectivity index (χ4n) is 2.45. The van der Waals surface area contributed by atoms with Crippen molar-refractivity contribution in [2.75, 3.05) is 26.7 Å². The number of likely N-dealkylation sites (N-methyl/N-ethyl adjacent to an activating group) is 1.